The summed E-state index contributed by atoms with van der Waals surface area (Å²) in [4.78, 5) is 15.4. The van der Waals surface area contributed by atoms with Crippen LogP contribution in [-0.4, -0.2) is 28.7 Å². The number of amides is 1. The van der Waals surface area contributed by atoms with Crippen molar-refractivity contribution in [3.63, 3.8) is 0 Å². The van der Waals surface area contributed by atoms with E-state index in [0.29, 0.717) is 5.92 Å². The molecule has 0 aliphatic carbocycles. The predicted octanol–water partition coefficient (Wildman–Crippen LogP) is 5.26. The van der Waals surface area contributed by atoms with E-state index < -0.39 is 0 Å². The molecule has 1 aromatic rings. The van der Waals surface area contributed by atoms with Gasteiger partial charge in [-0.3, -0.25) is 4.79 Å². The smallest absolute Gasteiger partial charge is 0.256 e. The van der Waals surface area contributed by atoms with Gasteiger partial charge < -0.3 is 9.64 Å². The number of hydrogen-bond acceptors (Lipinski definition) is 2. The Bertz CT molecular complexity index is 522. The summed E-state index contributed by atoms with van der Waals surface area (Å²) >= 11 is 0. The molecule has 2 atom stereocenters. The topological polar surface area (TPSA) is 29.5 Å². The Morgan fingerprint density at radius 3 is 2.29 bits per heavy atom. The molecule has 0 saturated carbocycles. The van der Waals surface area contributed by atoms with Crippen LogP contribution in [0.4, 0.5) is 0 Å². The monoisotopic (exact) mass is 331 g/mol. The maximum Gasteiger partial charge on any atom is 0.256 e. The molecule has 1 fully saturated rings. The first-order valence-corrected chi connectivity index (χ1v) is 9.54. The number of benzene rings is 1. The Balaban J connectivity index is 2.42. The number of nitrogens with zero attached hydrogens (tertiary/aromatic N) is 1. The maximum atomic E-state index is 13.3. The molecule has 1 heterocycles. The number of carbonyl (C=O) groups excluding carboxylic acids is 1. The lowest BCUT2D eigenvalue weighted by Crippen LogP contribution is -2.48. The van der Waals surface area contributed by atoms with Gasteiger partial charge in [-0.25, -0.2) is 0 Å². The van der Waals surface area contributed by atoms with Gasteiger partial charge in [-0.15, -0.1) is 0 Å². The lowest BCUT2D eigenvalue weighted by Gasteiger charge is -2.36. The first-order valence-electron chi connectivity index (χ1n) is 9.54. The van der Waals surface area contributed by atoms with Crippen molar-refractivity contribution in [3.05, 3.63) is 35.9 Å². The Morgan fingerprint density at radius 2 is 1.79 bits per heavy atom. The Hall–Kier alpha value is -1.35. The number of rotatable bonds is 7. The molecule has 3 heteroatoms. The van der Waals surface area contributed by atoms with E-state index in [9.17, 15) is 4.79 Å². The summed E-state index contributed by atoms with van der Waals surface area (Å²) in [5, 5.41) is 0. The molecule has 24 heavy (non-hydrogen) atoms. The normalized spacial score (nSPS) is 23.0. The van der Waals surface area contributed by atoms with E-state index in [2.05, 4.69) is 39.5 Å². The predicted molar refractivity (Wildman–Crippen MR) is 98.9 cm³/mol. The molecule has 1 saturated heterocycles. The number of carbonyl (C=O) groups is 1. The van der Waals surface area contributed by atoms with Gasteiger partial charge in [-0.2, -0.15) is 0 Å². The summed E-state index contributed by atoms with van der Waals surface area (Å²) in [6, 6.07) is 9.80. The molecule has 1 aliphatic rings. The van der Waals surface area contributed by atoms with Crippen LogP contribution in [0, 0.1) is 5.92 Å². The zero-order valence-electron chi connectivity index (χ0n) is 15.9. The zero-order chi connectivity index (χ0) is 17.7. The molecule has 1 aromatic carbocycles. The molecule has 0 aromatic heterocycles. The molecular formula is C21H33NO2. The van der Waals surface area contributed by atoms with Crippen molar-refractivity contribution < 1.29 is 9.53 Å². The van der Waals surface area contributed by atoms with Gasteiger partial charge in [0.2, 0.25) is 0 Å². The molecule has 2 rings (SSSR count). The minimum atomic E-state index is -0.214. The first kappa shape index (κ1) is 19.0. The molecular weight excluding hydrogens is 298 g/mol. The van der Waals surface area contributed by atoms with Crippen LogP contribution in [0.15, 0.2) is 30.3 Å². The van der Waals surface area contributed by atoms with E-state index >= 15 is 0 Å². The van der Waals surface area contributed by atoms with Crippen molar-refractivity contribution in [2.24, 2.45) is 5.92 Å². The fourth-order valence-electron chi connectivity index (χ4n) is 3.97. The summed E-state index contributed by atoms with van der Waals surface area (Å²) in [6.07, 6.45) is 4.68. The lowest BCUT2D eigenvalue weighted by molar-refractivity contribution is -0.0652. The van der Waals surface area contributed by atoms with Crippen molar-refractivity contribution in [1.29, 1.82) is 0 Å². The third kappa shape index (κ3) is 3.66. The van der Waals surface area contributed by atoms with Gasteiger partial charge in [-0.1, -0.05) is 59.2 Å². The first-order chi connectivity index (χ1) is 11.5. The molecule has 1 amide bonds. The van der Waals surface area contributed by atoms with Crippen LogP contribution in [0.5, 0.6) is 0 Å². The summed E-state index contributed by atoms with van der Waals surface area (Å²) in [5.41, 5.74) is 0.549. The van der Waals surface area contributed by atoms with Crippen molar-refractivity contribution in [2.75, 3.05) is 0 Å². The summed E-state index contributed by atoms with van der Waals surface area (Å²) in [7, 11) is 0. The third-order valence-corrected chi connectivity index (χ3v) is 5.31. The van der Waals surface area contributed by atoms with Crippen LogP contribution in [-0.2, 0) is 4.74 Å². The van der Waals surface area contributed by atoms with Gasteiger partial charge in [0.25, 0.3) is 5.91 Å². The highest BCUT2D eigenvalue weighted by Gasteiger charge is 2.52. The summed E-state index contributed by atoms with van der Waals surface area (Å²) in [5.74, 6) is 0.644. The van der Waals surface area contributed by atoms with Gasteiger partial charge in [0.05, 0.1) is 11.6 Å². The van der Waals surface area contributed by atoms with Crippen molar-refractivity contribution in [1.82, 2.24) is 4.90 Å². The lowest BCUT2D eigenvalue weighted by atomic mass is 9.83. The number of ether oxygens (including phenoxy) is 1. The minimum absolute atomic E-state index is 0.105. The highest BCUT2D eigenvalue weighted by Crippen LogP contribution is 2.42. The van der Waals surface area contributed by atoms with Crippen LogP contribution < -0.4 is 0 Å². The molecule has 0 spiro atoms. The summed E-state index contributed by atoms with van der Waals surface area (Å²) in [6.45, 7) is 11.0. The average molecular weight is 332 g/mol. The number of hydrogen-bond donors (Lipinski definition) is 0. The van der Waals surface area contributed by atoms with Crippen LogP contribution in [0.25, 0.3) is 0 Å². The van der Waals surface area contributed by atoms with Crippen LogP contribution in [0.2, 0.25) is 0 Å². The van der Waals surface area contributed by atoms with E-state index in [4.69, 9.17) is 4.74 Å². The summed E-state index contributed by atoms with van der Waals surface area (Å²) < 4.78 is 6.56. The van der Waals surface area contributed by atoms with Gasteiger partial charge in [-0.05, 0) is 43.7 Å². The van der Waals surface area contributed by atoms with E-state index in [0.717, 1.165) is 37.7 Å². The fourth-order valence-corrected chi connectivity index (χ4v) is 3.97. The van der Waals surface area contributed by atoms with Crippen LogP contribution in [0.1, 0.15) is 77.1 Å². The largest absolute Gasteiger partial charge is 0.350 e. The van der Waals surface area contributed by atoms with Crippen molar-refractivity contribution >= 4 is 5.91 Å². The Kier molecular flexibility index (Phi) is 6.45. The Labute approximate surface area is 147 Å². The van der Waals surface area contributed by atoms with E-state index in [1.165, 1.54) is 0 Å². The zero-order valence-corrected chi connectivity index (χ0v) is 15.9. The molecule has 0 bridgehead atoms. The maximum absolute atomic E-state index is 13.3. The van der Waals surface area contributed by atoms with Gasteiger partial charge in [0.15, 0.2) is 0 Å². The second kappa shape index (κ2) is 8.15. The van der Waals surface area contributed by atoms with E-state index in [1.54, 1.807) is 0 Å². The molecule has 0 N–H and O–H groups in total. The molecule has 134 valence electrons. The highest BCUT2D eigenvalue weighted by molar-refractivity contribution is 5.94. The highest BCUT2D eigenvalue weighted by atomic mass is 16.5. The molecule has 1 aliphatic heterocycles. The molecule has 3 nitrogen and oxygen atoms in total. The second-order valence-corrected chi connectivity index (χ2v) is 7.36. The standard InChI is InChI=1S/C21H33NO2/c1-6-12-19-22(20(23)17-13-10-9-11-14-17)18(15-16(4)5)21(7-2,8-3)24-19/h9-11,13-14,16,18-19H,6-8,12,15H2,1-5H3/t18-,19-/m0/s1. The van der Waals surface area contributed by atoms with E-state index in [1.807, 2.05) is 30.3 Å². The van der Waals surface area contributed by atoms with Gasteiger partial charge in [0.1, 0.15) is 6.23 Å². The van der Waals surface area contributed by atoms with Gasteiger partial charge in [0, 0.05) is 5.56 Å². The fraction of sp³-hybridized carbons (Fsp3) is 0.667. The van der Waals surface area contributed by atoms with Crippen LogP contribution in [0.3, 0.4) is 0 Å². The Morgan fingerprint density at radius 1 is 1.17 bits per heavy atom. The van der Waals surface area contributed by atoms with E-state index in [-0.39, 0.29) is 23.8 Å². The molecule has 0 radical (unpaired) electrons. The SMILES string of the molecule is CCC[C@@H]1OC(CC)(CC)[C@H](CC(C)C)N1C(=O)c1ccccc1. The quantitative estimate of drug-likeness (QED) is 0.682. The van der Waals surface area contributed by atoms with Crippen molar-refractivity contribution in [3.8, 4) is 0 Å². The molecule has 0 unspecified atom stereocenters. The van der Waals surface area contributed by atoms with Crippen LogP contribution >= 0.6 is 0 Å². The van der Waals surface area contributed by atoms with Gasteiger partial charge >= 0.3 is 0 Å². The second-order valence-electron chi connectivity index (χ2n) is 7.36. The average Bonchev–Trinajstić information content (AvgIpc) is 2.88. The third-order valence-electron chi connectivity index (χ3n) is 5.31. The minimum Gasteiger partial charge on any atom is -0.350 e. The van der Waals surface area contributed by atoms with Crippen molar-refractivity contribution in [2.45, 2.75) is 84.6 Å².